The highest BCUT2D eigenvalue weighted by Gasteiger charge is 2.27. The van der Waals surface area contributed by atoms with E-state index in [1.807, 2.05) is 54.8 Å². The standard InChI is InChI=1S/C26H26N4O4S/c1-5-34-26(33)21-16(3)22(24(32)28-18-11-7-6-8-12-18)35-25(21)29-20(31)14-19-17(4)27-23-15(2)10-9-13-30(19)23/h6-13H,5,14H2,1-4H3,(H,28,32)(H,29,31). The number of nitrogens with zero attached hydrogens (tertiary/aromatic N) is 2. The summed E-state index contributed by atoms with van der Waals surface area (Å²) in [5, 5.41) is 5.94. The van der Waals surface area contributed by atoms with Gasteiger partial charge in [-0.2, -0.15) is 0 Å². The van der Waals surface area contributed by atoms with Gasteiger partial charge in [0.05, 0.1) is 34.9 Å². The van der Waals surface area contributed by atoms with E-state index in [2.05, 4.69) is 15.6 Å². The third kappa shape index (κ3) is 4.95. The molecule has 4 aromatic rings. The number of pyridine rings is 1. The number of nitrogens with one attached hydrogen (secondary N) is 2. The highest BCUT2D eigenvalue weighted by molar-refractivity contribution is 7.18. The molecule has 0 saturated carbocycles. The van der Waals surface area contributed by atoms with Crippen LogP contribution in [-0.2, 0) is 16.0 Å². The van der Waals surface area contributed by atoms with Gasteiger partial charge in [-0.05, 0) is 57.0 Å². The molecule has 4 rings (SSSR count). The molecular formula is C26H26N4O4S. The largest absolute Gasteiger partial charge is 0.462 e. The van der Waals surface area contributed by atoms with Gasteiger partial charge in [0.2, 0.25) is 5.91 Å². The average Bonchev–Trinajstić information content (AvgIpc) is 3.32. The second kappa shape index (κ2) is 10.1. The summed E-state index contributed by atoms with van der Waals surface area (Å²) in [6.45, 7) is 7.38. The molecule has 0 atom stereocenters. The van der Waals surface area contributed by atoms with Crippen molar-refractivity contribution < 1.29 is 19.1 Å². The molecule has 9 heteroatoms. The number of para-hydroxylation sites is 1. The van der Waals surface area contributed by atoms with Crippen LogP contribution in [0.3, 0.4) is 0 Å². The lowest BCUT2D eigenvalue weighted by atomic mass is 10.1. The number of thiophene rings is 1. The highest BCUT2D eigenvalue weighted by atomic mass is 32.1. The van der Waals surface area contributed by atoms with Crippen molar-refractivity contribution in [2.75, 3.05) is 17.2 Å². The number of carbonyl (C=O) groups is 3. The van der Waals surface area contributed by atoms with Gasteiger partial charge >= 0.3 is 5.97 Å². The van der Waals surface area contributed by atoms with Gasteiger partial charge in [-0.15, -0.1) is 11.3 Å². The minimum Gasteiger partial charge on any atom is -0.462 e. The Morgan fingerprint density at radius 3 is 2.49 bits per heavy atom. The van der Waals surface area contributed by atoms with Crippen LogP contribution in [0.2, 0.25) is 0 Å². The monoisotopic (exact) mass is 490 g/mol. The fourth-order valence-corrected chi connectivity index (χ4v) is 4.99. The Morgan fingerprint density at radius 2 is 1.77 bits per heavy atom. The molecule has 35 heavy (non-hydrogen) atoms. The lowest BCUT2D eigenvalue weighted by molar-refractivity contribution is -0.115. The van der Waals surface area contributed by atoms with Crippen molar-refractivity contribution in [1.82, 2.24) is 9.38 Å². The summed E-state index contributed by atoms with van der Waals surface area (Å²) >= 11 is 1.05. The van der Waals surface area contributed by atoms with Crippen molar-refractivity contribution in [3.63, 3.8) is 0 Å². The molecule has 0 saturated heterocycles. The number of carbonyl (C=O) groups excluding carboxylic acids is 3. The van der Waals surface area contributed by atoms with E-state index >= 15 is 0 Å². The molecule has 8 nitrogen and oxygen atoms in total. The van der Waals surface area contributed by atoms with Crippen molar-refractivity contribution in [2.45, 2.75) is 34.1 Å². The zero-order chi connectivity index (χ0) is 25.1. The fraction of sp³-hybridized carbons (Fsp3) is 0.231. The van der Waals surface area contributed by atoms with E-state index in [0.29, 0.717) is 16.1 Å². The van der Waals surface area contributed by atoms with E-state index in [1.165, 1.54) is 0 Å². The molecule has 0 unspecified atom stereocenters. The van der Waals surface area contributed by atoms with E-state index in [9.17, 15) is 14.4 Å². The summed E-state index contributed by atoms with van der Waals surface area (Å²) in [6.07, 6.45) is 1.93. The van der Waals surface area contributed by atoms with Crippen LogP contribution in [-0.4, -0.2) is 33.8 Å². The summed E-state index contributed by atoms with van der Waals surface area (Å²) in [5.74, 6) is -1.27. The Bertz CT molecular complexity index is 1420. The quantitative estimate of drug-likeness (QED) is 0.358. The van der Waals surface area contributed by atoms with Crippen LogP contribution in [0, 0.1) is 20.8 Å². The number of amides is 2. The third-order valence-corrected chi connectivity index (χ3v) is 6.80. The molecule has 0 aliphatic carbocycles. The van der Waals surface area contributed by atoms with Crippen molar-refractivity contribution in [3.05, 3.63) is 81.6 Å². The molecule has 2 amide bonds. The molecule has 0 bridgehead atoms. The van der Waals surface area contributed by atoms with Crippen LogP contribution in [0.1, 0.15) is 49.5 Å². The number of anilines is 2. The van der Waals surface area contributed by atoms with Crippen LogP contribution in [0.25, 0.3) is 5.65 Å². The second-order valence-electron chi connectivity index (χ2n) is 8.05. The van der Waals surface area contributed by atoms with Gasteiger partial charge < -0.3 is 19.8 Å². The Kier molecular flexibility index (Phi) is 6.97. The van der Waals surface area contributed by atoms with Crippen LogP contribution < -0.4 is 10.6 Å². The normalized spacial score (nSPS) is 10.9. The summed E-state index contributed by atoms with van der Waals surface area (Å²) in [4.78, 5) is 43.7. The molecule has 0 fully saturated rings. The number of benzene rings is 1. The van der Waals surface area contributed by atoms with E-state index in [1.54, 1.807) is 26.0 Å². The highest BCUT2D eigenvalue weighted by Crippen LogP contribution is 2.34. The Labute approximate surface area is 207 Å². The first-order chi connectivity index (χ1) is 16.8. The summed E-state index contributed by atoms with van der Waals surface area (Å²) < 4.78 is 7.11. The molecule has 3 heterocycles. The number of esters is 1. The number of imidazole rings is 1. The second-order valence-corrected chi connectivity index (χ2v) is 9.08. The summed E-state index contributed by atoms with van der Waals surface area (Å²) in [7, 11) is 0. The van der Waals surface area contributed by atoms with Crippen LogP contribution in [0.15, 0.2) is 48.7 Å². The molecule has 0 radical (unpaired) electrons. The molecule has 3 aromatic heterocycles. The van der Waals surface area contributed by atoms with Crippen molar-refractivity contribution in [3.8, 4) is 0 Å². The van der Waals surface area contributed by atoms with E-state index in [-0.39, 0.29) is 35.4 Å². The summed E-state index contributed by atoms with van der Waals surface area (Å²) in [6, 6.07) is 12.9. The lowest BCUT2D eigenvalue weighted by Gasteiger charge is -2.08. The number of fused-ring (bicyclic) bond motifs is 1. The number of aromatic nitrogens is 2. The lowest BCUT2D eigenvalue weighted by Crippen LogP contribution is -2.18. The molecule has 2 N–H and O–H groups in total. The molecule has 0 aliphatic heterocycles. The number of hydrogen-bond acceptors (Lipinski definition) is 6. The van der Waals surface area contributed by atoms with Gasteiger partial charge in [0.25, 0.3) is 5.91 Å². The van der Waals surface area contributed by atoms with Gasteiger partial charge in [0, 0.05) is 11.9 Å². The van der Waals surface area contributed by atoms with Gasteiger partial charge in [0.15, 0.2) is 0 Å². The predicted molar refractivity (Wildman–Crippen MR) is 136 cm³/mol. The fourth-order valence-electron chi connectivity index (χ4n) is 3.88. The van der Waals surface area contributed by atoms with Gasteiger partial charge in [-0.1, -0.05) is 24.3 Å². The third-order valence-electron chi connectivity index (χ3n) is 5.59. The molecule has 0 aliphatic rings. The van der Waals surface area contributed by atoms with Gasteiger partial charge in [-0.3, -0.25) is 9.59 Å². The predicted octanol–water partition coefficient (Wildman–Crippen LogP) is 4.93. The topological polar surface area (TPSA) is 102 Å². The zero-order valence-corrected chi connectivity index (χ0v) is 20.8. The van der Waals surface area contributed by atoms with Crippen molar-refractivity contribution >= 4 is 45.5 Å². The smallest absolute Gasteiger partial charge is 0.341 e. The number of ether oxygens (including phenoxy) is 1. The Balaban J connectivity index is 1.63. The van der Waals surface area contributed by atoms with Crippen molar-refractivity contribution in [2.24, 2.45) is 0 Å². The van der Waals surface area contributed by atoms with Gasteiger partial charge in [-0.25, -0.2) is 9.78 Å². The van der Waals surface area contributed by atoms with Crippen LogP contribution in [0.5, 0.6) is 0 Å². The maximum atomic E-state index is 13.1. The molecule has 1 aromatic carbocycles. The average molecular weight is 491 g/mol. The first-order valence-corrected chi connectivity index (χ1v) is 12.0. The number of hydrogen-bond donors (Lipinski definition) is 2. The zero-order valence-electron chi connectivity index (χ0n) is 20.0. The first-order valence-electron chi connectivity index (χ1n) is 11.2. The molecular weight excluding hydrogens is 464 g/mol. The minimum atomic E-state index is -0.586. The Hall–Kier alpha value is -3.98. The SMILES string of the molecule is CCOC(=O)c1c(NC(=O)Cc2c(C)nc3c(C)cccn23)sc(C(=O)Nc2ccccc2)c1C. The summed E-state index contributed by atoms with van der Waals surface area (Å²) in [5.41, 5.74) is 4.60. The number of rotatable bonds is 7. The van der Waals surface area contributed by atoms with Gasteiger partial charge in [0.1, 0.15) is 10.6 Å². The maximum Gasteiger partial charge on any atom is 0.341 e. The van der Waals surface area contributed by atoms with E-state index in [0.717, 1.165) is 33.9 Å². The van der Waals surface area contributed by atoms with Crippen molar-refractivity contribution in [1.29, 1.82) is 0 Å². The maximum absolute atomic E-state index is 13.1. The minimum absolute atomic E-state index is 0.0568. The number of aryl methyl sites for hydroxylation is 2. The molecule has 0 spiro atoms. The molecule has 180 valence electrons. The Morgan fingerprint density at radius 1 is 1.03 bits per heavy atom. The first kappa shape index (κ1) is 24.2. The van der Waals surface area contributed by atoms with E-state index < -0.39 is 5.97 Å². The van der Waals surface area contributed by atoms with Crippen LogP contribution >= 0.6 is 11.3 Å². The van der Waals surface area contributed by atoms with E-state index in [4.69, 9.17) is 4.74 Å². The van der Waals surface area contributed by atoms with Crippen LogP contribution in [0.4, 0.5) is 10.7 Å².